The number of hydrogen-bond donors (Lipinski definition) is 1. The van der Waals surface area contributed by atoms with Crippen LogP contribution < -0.4 is 10.1 Å². The number of amides is 1. The number of ether oxygens (including phenoxy) is 1. The highest BCUT2D eigenvalue weighted by Gasteiger charge is 2.22. The fraction of sp³-hybridized carbons (Fsp3) is 0.250. The average Bonchev–Trinajstić information content (AvgIpc) is 2.55. The lowest BCUT2D eigenvalue weighted by Crippen LogP contribution is -2.28. The first-order valence-corrected chi connectivity index (χ1v) is 8.42. The molecule has 0 bridgehead atoms. The molecule has 2 aromatic rings. The number of methoxy groups -OCH3 is 1. The number of halogens is 4. The number of benzene rings is 1. The van der Waals surface area contributed by atoms with E-state index in [0.717, 1.165) is 11.1 Å². The van der Waals surface area contributed by atoms with E-state index in [1.54, 1.807) is 7.11 Å². The molecule has 1 unspecified atom stereocenters. The zero-order valence-electron chi connectivity index (χ0n) is 13.1. The number of aromatic nitrogens is 1. The lowest BCUT2D eigenvalue weighted by Gasteiger charge is -2.18. The van der Waals surface area contributed by atoms with Crippen molar-refractivity contribution in [2.75, 3.05) is 7.11 Å². The molecule has 1 amide bonds. The van der Waals surface area contributed by atoms with Crippen LogP contribution in [0.3, 0.4) is 0 Å². The Kier molecular flexibility index (Phi) is 6.21. The van der Waals surface area contributed by atoms with Crippen LogP contribution >= 0.6 is 46.4 Å². The second-order valence-corrected chi connectivity index (χ2v) is 6.63. The highest BCUT2D eigenvalue weighted by Crippen LogP contribution is 2.36. The van der Waals surface area contributed by atoms with Crippen molar-refractivity contribution < 1.29 is 9.53 Å². The zero-order chi connectivity index (χ0) is 18.0. The zero-order valence-corrected chi connectivity index (χ0v) is 16.1. The van der Waals surface area contributed by atoms with Crippen LogP contribution in [0.25, 0.3) is 0 Å². The van der Waals surface area contributed by atoms with Gasteiger partial charge in [-0.25, -0.2) is 4.98 Å². The van der Waals surface area contributed by atoms with Crippen molar-refractivity contribution in [1.29, 1.82) is 0 Å². The predicted molar refractivity (Wildman–Crippen MR) is 97.9 cm³/mol. The number of hydrogen-bond acceptors (Lipinski definition) is 3. The Hall–Kier alpha value is -1.20. The number of nitrogens with one attached hydrogen (secondary N) is 1. The smallest absolute Gasteiger partial charge is 0.272 e. The molecule has 1 aromatic carbocycles. The summed E-state index contributed by atoms with van der Waals surface area (Å²) in [6.45, 7) is 3.77. The summed E-state index contributed by atoms with van der Waals surface area (Å²) >= 11 is 23.8. The first kappa shape index (κ1) is 19.1. The maximum atomic E-state index is 12.5. The van der Waals surface area contributed by atoms with Crippen LogP contribution in [0.2, 0.25) is 20.2 Å². The summed E-state index contributed by atoms with van der Waals surface area (Å²) in [6, 6.07) is 5.35. The first-order chi connectivity index (χ1) is 11.3. The number of carbonyl (C=O) groups is 1. The van der Waals surface area contributed by atoms with Gasteiger partial charge in [0.05, 0.1) is 28.2 Å². The molecular formula is C16H14Cl4N2O2. The van der Waals surface area contributed by atoms with Gasteiger partial charge < -0.3 is 10.1 Å². The Morgan fingerprint density at radius 3 is 2.46 bits per heavy atom. The molecule has 0 saturated heterocycles. The summed E-state index contributed by atoms with van der Waals surface area (Å²) in [5.74, 6) is 0.149. The van der Waals surface area contributed by atoms with Gasteiger partial charge in [0.2, 0.25) is 0 Å². The topological polar surface area (TPSA) is 51.2 Å². The molecule has 1 heterocycles. The van der Waals surface area contributed by atoms with Gasteiger partial charge in [0.25, 0.3) is 5.91 Å². The molecule has 0 saturated carbocycles. The van der Waals surface area contributed by atoms with E-state index in [1.165, 1.54) is 0 Å². The molecule has 0 aliphatic carbocycles. The number of nitrogens with zero attached hydrogens (tertiary/aromatic N) is 1. The molecule has 0 aliphatic heterocycles. The van der Waals surface area contributed by atoms with Crippen molar-refractivity contribution in [2.24, 2.45) is 0 Å². The summed E-state index contributed by atoms with van der Waals surface area (Å²) in [4.78, 5) is 16.4. The molecule has 8 heteroatoms. The minimum Gasteiger partial charge on any atom is -0.496 e. The van der Waals surface area contributed by atoms with Crippen LogP contribution in [-0.4, -0.2) is 18.0 Å². The second kappa shape index (κ2) is 7.79. The molecule has 1 atom stereocenters. The molecule has 2 rings (SSSR count). The van der Waals surface area contributed by atoms with Gasteiger partial charge >= 0.3 is 0 Å². The monoisotopic (exact) mass is 406 g/mol. The number of carbonyl (C=O) groups excluding carboxylic acids is 1. The van der Waals surface area contributed by atoms with Crippen LogP contribution in [0.15, 0.2) is 18.2 Å². The third-order valence-electron chi connectivity index (χ3n) is 3.40. The number of rotatable bonds is 4. The lowest BCUT2D eigenvalue weighted by atomic mass is 10.0. The van der Waals surface area contributed by atoms with Gasteiger partial charge in [0.15, 0.2) is 0 Å². The fourth-order valence-corrected chi connectivity index (χ4v) is 2.99. The van der Waals surface area contributed by atoms with E-state index in [-0.39, 0.29) is 32.0 Å². The van der Waals surface area contributed by atoms with E-state index in [1.807, 2.05) is 32.0 Å². The standard InChI is InChI=1S/C16H14Cl4N2O2/c1-7-4-5-10(24-3)9(6-7)8(2)21-16(23)14-12(18)11(17)13(19)15(20)22-14/h4-6,8H,1-3H3,(H,21,23). The maximum absolute atomic E-state index is 12.5. The first-order valence-electron chi connectivity index (χ1n) is 6.91. The molecule has 0 fully saturated rings. The summed E-state index contributed by atoms with van der Waals surface area (Å²) in [5.41, 5.74) is 1.78. The summed E-state index contributed by atoms with van der Waals surface area (Å²) in [6.07, 6.45) is 0. The van der Waals surface area contributed by atoms with Crippen LogP contribution in [0, 0.1) is 6.92 Å². The van der Waals surface area contributed by atoms with Crippen molar-refractivity contribution in [3.8, 4) is 5.75 Å². The molecule has 4 nitrogen and oxygen atoms in total. The normalized spacial score (nSPS) is 12.0. The molecular weight excluding hydrogens is 394 g/mol. The molecule has 0 aliphatic rings. The Labute approximate surface area is 160 Å². The van der Waals surface area contributed by atoms with Gasteiger partial charge in [-0.05, 0) is 19.9 Å². The largest absolute Gasteiger partial charge is 0.496 e. The Balaban J connectivity index is 2.32. The second-order valence-electron chi connectivity index (χ2n) is 5.13. The highest BCUT2D eigenvalue weighted by molar-refractivity contribution is 6.52. The highest BCUT2D eigenvalue weighted by atomic mass is 35.5. The third kappa shape index (κ3) is 3.89. The van der Waals surface area contributed by atoms with E-state index in [2.05, 4.69) is 10.3 Å². The van der Waals surface area contributed by atoms with Gasteiger partial charge in [-0.3, -0.25) is 4.79 Å². The lowest BCUT2D eigenvalue weighted by molar-refractivity contribution is 0.0934. The predicted octanol–water partition coefficient (Wildman–Crippen LogP) is 5.50. The van der Waals surface area contributed by atoms with E-state index in [0.29, 0.717) is 5.75 Å². The molecule has 1 aromatic heterocycles. The number of pyridine rings is 1. The molecule has 0 radical (unpaired) electrons. The van der Waals surface area contributed by atoms with Gasteiger partial charge in [0, 0.05) is 5.56 Å². The van der Waals surface area contributed by atoms with Gasteiger partial charge in [0.1, 0.15) is 16.6 Å². The van der Waals surface area contributed by atoms with Gasteiger partial charge in [-0.15, -0.1) is 0 Å². The van der Waals surface area contributed by atoms with Gasteiger partial charge in [-0.1, -0.05) is 64.1 Å². The van der Waals surface area contributed by atoms with Crippen LogP contribution in [0.1, 0.15) is 34.6 Å². The minimum atomic E-state index is -0.517. The molecule has 24 heavy (non-hydrogen) atoms. The van der Waals surface area contributed by atoms with Crippen molar-refractivity contribution in [3.63, 3.8) is 0 Å². The van der Waals surface area contributed by atoms with Crippen molar-refractivity contribution in [1.82, 2.24) is 10.3 Å². The SMILES string of the molecule is COc1ccc(C)cc1C(C)NC(=O)c1nc(Cl)c(Cl)c(Cl)c1Cl. The maximum Gasteiger partial charge on any atom is 0.272 e. The van der Waals surface area contributed by atoms with Crippen molar-refractivity contribution >= 4 is 52.3 Å². The van der Waals surface area contributed by atoms with E-state index in [9.17, 15) is 4.79 Å². The molecule has 128 valence electrons. The Bertz CT molecular complexity index is 796. The third-order valence-corrected chi connectivity index (χ3v) is 5.08. The van der Waals surface area contributed by atoms with Crippen LogP contribution in [0.5, 0.6) is 5.75 Å². The Morgan fingerprint density at radius 2 is 1.83 bits per heavy atom. The van der Waals surface area contributed by atoms with E-state index >= 15 is 0 Å². The van der Waals surface area contributed by atoms with Crippen molar-refractivity contribution in [2.45, 2.75) is 19.9 Å². The summed E-state index contributed by atoms with van der Waals surface area (Å²) in [7, 11) is 1.57. The van der Waals surface area contributed by atoms with E-state index in [4.69, 9.17) is 51.1 Å². The van der Waals surface area contributed by atoms with E-state index < -0.39 is 5.91 Å². The summed E-state index contributed by atoms with van der Waals surface area (Å²) in [5, 5.41) is 2.67. The molecule has 0 spiro atoms. The van der Waals surface area contributed by atoms with Crippen LogP contribution in [-0.2, 0) is 0 Å². The minimum absolute atomic E-state index is 0.00767. The van der Waals surface area contributed by atoms with Crippen molar-refractivity contribution in [3.05, 3.63) is 55.2 Å². The molecule has 1 N–H and O–H groups in total. The van der Waals surface area contributed by atoms with Gasteiger partial charge in [-0.2, -0.15) is 0 Å². The average molecular weight is 408 g/mol. The quantitative estimate of drug-likeness (QED) is 0.680. The van der Waals surface area contributed by atoms with Crippen LogP contribution in [0.4, 0.5) is 0 Å². The Morgan fingerprint density at radius 1 is 1.17 bits per heavy atom. The summed E-state index contributed by atoms with van der Waals surface area (Å²) < 4.78 is 5.33. The number of aryl methyl sites for hydroxylation is 1. The fourth-order valence-electron chi connectivity index (χ4n) is 2.17.